The zero-order valence-electron chi connectivity index (χ0n) is 16.2. The topological polar surface area (TPSA) is 75.7 Å². The van der Waals surface area contributed by atoms with Crippen molar-refractivity contribution in [2.75, 3.05) is 31.8 Å². The summed E-state index contributed by atoms with van der Waals surface area (Å²) in [7, 11) is -1.95. The summed E-state index contributed by atoms with van der Waals surface area (Å²) in [6.45, 7) is 3.85. The fraction of sp³-hybridized carbons (Fsp3) is 0.350. The van der Waals surface area contributed by atoms with E-state index in [0.717, 1.165) is 22.9 Å². The van der Waals surface area contributed by atoms with E-state index in [1.807, 2.05) is 56.3 Å². The molecular weight excluding hydrogens is 364 g/mol. The number of nitrogens with zero attached hydrogens (tertiary/aromatic N) is 1. The molecule has 7 heteroatoms. The van der Waals surface area contributed by atoms with Gasteiger partial charge in [-0.25, -0.2) is 8.42 Å². The summed E-state index contributed by atoms with van der Waals surface area (Å²) in [6.07, 6.45) is 1.56. The first kappa shape index (κ1) is 20.9. The molecule has 0 spiro atoms. The number of hydrogen-bond donors (Lipinski definition) is 1. The van der Waals surface area contributed by atoms with Gasteiger partial charge in [0.15, 0.2) is 0 Å². The lowest BCUT2D eigenvalue weighted by Gasteiger charge is -2.20. The van der Waals surface area contributed by atoms with Gasteiger partial charge in [-0.15, -0.1) is 0 Å². The van der Waals surface area contributed by atoms with E-state index >= 15 is 0 Å². The first-order valence-electron chi connectivity index (χ1n) is 8.64. The number of ether oxygens (including phenoxy) is 1. The molecule has 0 aromatic heterocycles. The summed E-state index contributed by atoms with van der Waals surface area (Å²) in [5, 5.41) is 2.78. The second-order valence-electron chi connectivity index (χ2n) is 6.58. The van der Waals surface area contributed by atoms with E-state index in [1.54, 1.807) is 7.11 Å². The fourth-order valence-electron chi connectivity index (χ4n) is 2.92. The van der Waals surface area contributed by atoms with Crippen LogP contribution in [0, 0.1) is 13.8 Å². The minimum atomic E-state index is -3.53. The highest BCUT2D eigenvalue weighted by Gasteiger charge is 2.20. The molecule has 27 heavy (non-hydrogen) atoms. The molecule has 0 radical (unpaired) electrons. The normalized spacial score (nSPS) is 11.4. The largest absolute Gasteiger partial charge is 0.496 e. The van der Waals surface area contributed by atoms with Gasteiger partial charge in [0.25, 0.3) is 0 Å². The van der Waals surface area contributed by atoms with E-state index in [0.29, 0.717) is 17.9 Å². The Bertz CT molecular complexity index is 890. The summed E-state index contributed by atoms with van der Waals surface area (Å²) in [5.41, 5.74) is 3.61. The second-order valence-corrected chi connectivity index (χ2v) is 8.57. The standard InChI is InChI=1S/C20H26N2O4S/c1-15-11-16(2)13-18(12-15)21-20(23)14-22(27(4,24)25)10-9-17-7-5-6-8-19(17)26-3/h5-8,11-13H,9-10,14H2,1-4H3,(H,21,23). The van der Waals surface area contributed by atoms with Crippen LogP contribution >= 0.6 is 0 Å². The molecule has 0 aliphatic carbocycles. The van der Waals surface area contributed by atoms with Gasteiger partial charge >= 0.3 is 0 Å². The number of rotatable bonds is 8. The molecule has 0 aliphatic rings. The smallest absolute Gasteiger partial charge is 0.239 e. The van der Waals surface area contributed by atoms with Crippen LogP contribution in [-0.2, 0) is 21.2 Å². The minimum absolute atomic E-state index is 0.194. The number of anilines is 1. The van der Waals surface area contributed by atoms with Crippen molar-refractivity contribution in [3.63, 3.8) is 0 Å². The summed E-state index contributed by atoms with van der Waals surface area (Å²) in [6, 6.07) is 13.1. The van der Waals surface area contributed by atoms with Gasteiger partial charge in [0.1, 0.15) is 5.75 Å². The van der Waals surface area contributed by atoms with Crippen LogP contribution in [0.25, 0.3) is 0 Å². The van der Waals surface area contributed by atoms with Crippen molar-refractivity contribution < 1.29 is 17.9 Å². The molecule has 6 nitrogen and oxygen atoms in total. The first-order chi connectivity index (χ1) is 12.7. The van der Waals surface area contributed by atoms with E-state index in [4.69, 9.17) is 4.74 Å². The molecule has 0 saturated carbocycles. The summed E-state index contributed by atoms with van der Waals surface area (Å²) in [4.78, 5) is 12.4. The number of aryl methyl sites for hydroxylation is 2. The number of amides is 1. The number of hydrogen-bond acceptors (Lipinski definition) is 4. The lowest BCUT2D eigenvalue weighted by molar-refractivity contribution is -0.116. The summed E-state index contributed by atoms with van der Waals surface area (Å²) >= 11 is 0. The van der Waals surface area contributed by atoms with E-state index in [9.17, 15) is 13.2 Å². The molecule has 0 unspecified atom stereocenters. The molecule has 2 rings (SSSR count). The van der Waals surface area contributed by atoms with E-state index < -0.39 is 10.0 Å². The van der Waals surface area contributed by atoms with Gasteiger partial charge in [-0.1, -0.05) is 24.3 Å². The molecule has 0 aliphatic heterocycles. The molecule has 1 N–H and O–H groups in total. The van der Waals surface area contributed by atoms with Gasteiger partial charge in [0, 0.05) is 12.2 Å². The predicted octanol–water partition coefficient (Wildman–Crippen LogP) is 2.75. The highest BCUT2D eigenvalue weighted by atomic mass is 32.2. The number of carbonyl (C=O) groups excluding carboxylic acids is 1. The third-order valence-electron chi connectivity index (χ3n) is 4.12. The zero-order chi connectivity index (χ0) is 20.0. The molecular formula is C20H26N2O4S. The van der Waals surface area contributed by atoms with Crippen LogP contribution in [0.15, 0.2) is 42.5 Å². The highest BCUT2D eigenvalue weighted by Crippen LogP contribution is 2.19. The van der Waals surface area contributed by atoms with Crippen LogP contribution in [-0.4, -0.2) is 45.1 Å². The van der Waals surface area contributed by atoms with Crippen molar-refractivity contribution in [3.05, 3.63) is 59.2 Å². The number of carbonyl (C=O) groups is 1. The Morgan fingerprint density at radius 2 is 1.74 bits per heavy atom. The fourth-order valence-corrected chi connectivity index (χ4v) is 3.70. The Hall–Kier alpha value is -2.38. The number of benzene rings is 2. The lowest BCUT2D eigenvalue weighted by atomic mass is 10.1. The van der Waals surface area contributed by atoms with Gasteiger partial charge in [0.05, 0.1) is 19.9 Å². The Morgan fingerprint density at radius 3 is 2.33 bits per heavy atom. The molecule has 0 bridgehead atoms. The molecule has 0 saturated heterocycles. The molecule has 0 fully saturated rings. The van der Waals surface area contributed by atoms with Crippen molar-refractivity contribution in [2.45, 2.75) is 20.3 Å². The lowest BCUT2D eigenvalue weighted by Crippen LogP contribution is -2.38. The average molecular weight is 391 g/mol. The van der Waals surface area contributed by atoms with Gasteiger partial charge in [-0.2, -0.15) is 4.31 Å². The minimum Gasteiger partial charge on any atom is -0.496 e. The van der Waals surface area contributed by atoms with Crippen LogP contribution in [0.1, 0.15) is 16.7 Å². The highest BCUT2D eigenvalue weighted by molar-refractivity contribution is 7.88. The maximum Gasteiger partial charge on any atom is 0.239 e. The van der Waals surface area contributed by atoms with E-state index in [1.165, 1.54) is 4.31 Å². The summed E-state index contributed by atoms with van der Waals surface area (Å²) in [5.74, 6) is 0.330. The third kappa shape index (κ3) is 6.37. The van der Waals surface area contributed by atoms with E-state index in [2.05, 4.69) is 5.32 Å². The SMILES string of the molecule is COc1ccccc1CCN(CC(=O)Nc1cc(C)cc(C)c1)S(C)(=O)=O. The van der Waals surface area contributed by atoms with Crippen LogP contribution < -0.4 is 10.1 Å². The number of nitrogens with one attached hydrogen (secondary N) is 1. The van der Waals surface area contributed by atoms with Crippen molar-refractivity contribution in [1.29, 1.82) is 0 Å². The first-order valence-corrected chi connectivity index (χ1v) is 10.5. The Kier molecular flexibility index (Phi) is 6.98. The van der Waals surface area contributed by atoms with Gasteiger partial charge in [-0.05, 0) is 55.2 Å². The molecule has 0 atom stereocenters. The van der Waals surface area contributed by atoms with Crippen molar-refractivity contribution in [3.8, 4) is 5.75 Å². The Morgan fingerprint density at radius 1 is 1.11 bits per heavy atom. The van der Waals surface area contributed by atoms with Gasteiger partial charge in [0.2, 0.25) is 15.9 Å². The maximum absolute atomic E-state index is 12.4. The Balaban J connectivity index is 2.07. The van der Waals surface area contributed by atoms with Crippen LogP contribution in [0.4, 0.5) is 5.69 Å². The van der Waals surface area contributed by atoms with Crippen LogP contribution in [0.3, 0.4) is 0 Å². The Labute approximate surface area is 161 Å². The number of methoxy groups -OCH3 is 1. The molecule has 2 aromatic carbocycles. The number of sulfonamides is 1. The molecule has 146 valence electrons. The van der Waals surface area contributed by atoms with Crippen molar-refractivity contribution in [2.24, 2.45) is 0 Å². The average Bonchev–Trinajstić information content (AvgIpc) is 2.56. The quantitative estimate of drug-likeness (QED) is 0.752. The van der Waals surface area contributed by atoms with Gasteiger partial charge < -0.3 is 10.1 Å². The predicted molar refractivity (Wildman–Crippen MR) is 108 cm³/mol. The van der Waals surface area contributed by atoms with Crippen LogP contribution in [0.5, 0.6) is 5.75 Å². The zero-order valence-corrected chi connectivity index (χ0v) is 17.0. The monoisotopic (exact) mass is 390 g/mol. The molecule has 1 amide bonds. The van der Waals surface area contributed by atoms with Crippen LogP contribution in [0.2, 0.25) is 0 Å². The molecule has 0 heterocycles. The maximum atomic E-state index is 12.4. The van der Waals surface area contributed by atoms with Crippen molar-refractivity contribution >= 4 is 21.6 Å². The summed E-state index contributed by atoms with van der Waals surface area (Å²) < 4.78 is 30.7. The van der Waals surface area contributed by atoms with Gasteiger partial charge in [-0.3, -0.25) is 4.79 Å². The number of para-hydroxylation sites is 1. The second kappa shape index (κ2) is 9.01. The third-order valence-corrected chi connectivity index (χ3v) is 5.37. The van der Waals surface area contributed by atoms with Crippen molar-refractivity contribution in [1.82, 2.24) is 4.31 Å². The van der Waals surface area contributed by atoms with E-state index in [-0.39, 0.29) is 19.0 Å². The molecule has 2 aromatic rings.